The minimum absolute atomic E-state index is 1.26. The number of terminal acetylenes is 1. The molecule has 0 amide bonds. The van der Waals surface area contributed by atoms with E-state index in [4.69, 9.17) is 0 Å². The lowest BCUT2D eigenvalue weighted by molar-refractivity contribution is 0.814. The molecule has 0 unspecified atom stereocenters. The molecule has 0 aliphatic heterocycles. The molecule has 9 heavy (non-hydrogen) atoms. The molecular formula is C9H16. The van der Waals surface area contributed by atoms with Crippen molar-refractivity contribution in [1.82, 2.24) is 0 Å². The van der Waals surface area contributed by atoms with Gasteiger partial charge in [-0.1, -0.05) is 31.9 Å². The van der Waals surface area contributed by atoms with Gasteiger partial charge in [0.25, 0.3) is 0 Å². The van der Waals surface area contributed by atoms with E-state index in [1.807, 2.05) is 0 Å². The number of hydrogen-bond donors (Lipinski definition) is 0. The van der Waals surface area contributed by atoms with Crippen molar-refractivity contribution in [2.75, 3.05) is 0 Å². The monoisotopic (exact) mass is 124 g/mol. The molecule has 0 spiro atoms. The van der Waals surface area contributed by atoms with Crippen molar-refractivity contribution >= 4 is 0 Å². The third-order valence-corrected chi connectivity index (χ3v) is 0.960. The Hall–Kier alpha value is -0.700. The molecule has 0 saturated carbocycles. The summed E-state index contributed by atoms with van der Waals surface area (Å²) in [6.07, 6.45) is 16.2. The maximum atomic E-state index is 4.00. The standard InChI is InChI=1S/C7H14.C2H2/c1-3-5-7-6-4-2;1-2/h3,5H,4,6-7H2,1-2H3;1-2H/b5-3+;. The van der Waals surface area contributed by atoms with Crippen LogP contribution in [-0.4, -0.2) is 0 Å². The van der Waals surface area contributed by atoms with Gasteiger partial charge >= 0.3 is 0 Å². The molecule has 0 aromatic heterocycles. The van der Waals surface area contributed by atoms with Gasteiger partial charge in [-0.15, -0.1) is 12.8 Å². The van der Waals surface area contributed by atoms with Crippen molar-refractivity contribution in [1.29, 1.82) is 0 Å². The van der Waals surface area contributed by atoms with Crippen molar-refractivity contribution in [2.45, 2.75) is 33.1 Å². The van der Waals surface area contributed by atoms with Gasteiger partial charge < -0.3 is 0 Å². The van der Waals surface area contributed by atoms with Gasteiger partial charge in [0.1, 0.15) is 0 Å². The smallest absolute Gasteiger partial charge is 0.0351 e. The predicted molar refractivity (Wildman–Crippen MR) is 44.2 cm³/mol. The van der Waals surface area contributed by atoms with Crippen LogP contribution in [0.5, 0.6) is 0 Å². The molecule has 0 aliphatic rings. The number of unbranched alkanes of at least 4 members (excludes halogenated alkanes) is 2. The van der Waals surface area contributed by atoms with Crippen molar-refractivity contribution < 1.29 is 0 Å². The first kappa shape index (κ1) is 11.1. The van der Waals surface area contributed by atoms with Crippen LogP contribution in [0, 0.1) is 12.8 Å². The highest BCUT2D eigenvalue weighted by molar-refractivity contribution is 4.75. The lowest BCUT2D eigenvalue weighted by Gasteiger charge is -1.83. The van der Waals surface area contributed by atoms with Gasteiger partial charge in [-0.3, -0.25) is 0 Å². The third-order valence-electron chi connectivity index (χ3n) is 0.960. The second-order valence-corrected chi connectivity index (χ2v) is 1.71. The summed E-state index contributed by atoms with van der Waals surface area (Å²) >= 11 is 0. The molecule has 0 radical (unpaired) electrons. The fourth-order valence-electron chi connectivity index (χ4n) is 0.489. The number of rotatable bonds is 3. The maximum absolute atomic E-state index is 4.00. The van der Waals surface area contributed by atoms with Crippen molar-refractivity contribution in [2.24, 2.45) is 0 Å². The Bertz CT molecular complexity index is 67.4. The van der Waals surface area contributed by atoms with E-state index >= 15 is 0 Å². The van der Waals surface area contributed by atoms with Crippen LogP contribution >= 0.6 is 0 Å². The Kier molecular flexibility index (Phi) is 19.4. The zero-order valence-electron chi connectivity index (χ0n) is 6.43. The van der Waals surface area contributed by atoms with Crippen LogP contribution in [-0.2, 0) is 0 Å². The van der Waals surface area contributed by atoms with Crippen molar-refractivity contribution in [3.8, 4) is 12.8 Å². The Morgan fingerprint density at radius 2 is 1.89 bits per heavy atom. The van der Waals surface area contributed by atoms with Crippen LogP contribution in [0.15, 0.2) is 12.2 Å². The quantitative estimate of drug-likeness (QED) is 0.308. The average Bonchev–Trinajstić information content (AvgIpc) is 1.94. The summed E-state index contributed by atoms with van der Waals surface area (Å²) in [5, 5.41) is 0. The summed E-state index contributed by atoms with van der Waals surface area (Å²) in [5.74, 6) is 0. The zero-order chi connectivity index (χ0) is 7.54. The first-order valence-electron chi connectivity index (χ1n) is 3.36. The molecule has 0 heterocycles. The first-order chi connectivity index (χ1) is 4.41. The molecule has 0 heteroatoms. The normalized spacial score (nSPS) is 8.44. The summed E-state index contributed by atoms with van der Waals surface area (Å²) in [6.45, 7) is 4.28. The Morgan fingerprint density at radius 3 is 2.22 bits per heavy atom. The third kappa shape index (κ3) is 18.8. The average molecular weight is 124 g/mol. The molecule has 0 nitrogen and oxygen atoms in total. The lowest BCUT2D eigenvalue weighted by atomic mass is 10.2. The molecule has 0 bridgehead atoms. The maximum Gasteiger partial charge on any atom is -0.0351 e. The van der Waals surface area contributed by atoms with Gasteiger partial charge in [-0.25, -0.2) is 0 Å². The highest BCUT2D eigenvalue weighted by Crippen LogP contribution is 1.93. The van der Waals surface area contributed by atoms with E-state index in [9.17, 15) is 0 Å². The van der Waals surface area contributed by atoms with E-state index in [0.717, 1.165) is 0 Å². The fourth-order valence-corrected chi connectivity index (χ4v) is 0.489. The van der Waals surface area contributed by atoms with E-state index in [1.54, 1.807) is 0 Å². The SMILES string of the molecule is C#C.C/C=C/CCCC. The first-order valence-corrected chi connectivity index (χ1v) is 3.36. The summed E-state index contributed by atoms with van der Waals surface area (Å²) in [5.41, 5.74) is 0. The minimum atomic E-state index is 1.26. The van der Waals surface area contributed by atoms with Crippen LogP contribution in [0.25, 0.3) is 0 Å². The number of allylic oxidation sites excluding steroid dienone is 2. The Balaban J connectivity index is 0. The van der Waals surface area contributed by atoms with Crippen LogP contribution in [0.4, 0.5) is 0 Å². The van der Waals surface area contributed by atoms with Crippen molar-refractivity contribution in [3.63, 3.8) is 0 Å². The van der Waals surface area contributed by atoms with Gasteiger partial charge in [-0.05, 0) is 13.3 Å². The summed E-state index contributed by atoms with van der Waals surface area (Å²) < 4.78 is 0. The zero-order valence-corrected chi connectivity index (χ0v) is 6.43. The molecule has 52 valence electrons. The topological polar surface area (TPSA) is 0 Å². The highest BCUT2D eigenvalue weighted by Gasteiger charge is 1.73. The van der Waals surface area contributed by atoms with Gasteiger partial charge in [0.2, 0.25) is 0 Å². The number of hydrogen-bond acceptors (Lipinski definition) is 0. The van der Waals surface area contributed by atoms with E-state index in [1.165, 1.54) is 19.3 Å². The van der Waals surface area contributed by atoms with E-state index in [-0.39, 0.29) is 0 Å². The summed E-state index contributed by atoms with van der Waals surface area (Å²) in [7, 11) is 0. The second-order valence-electron chi connectivity index (χ2n) is 1.71. The summed E-state index contributed by atoms with van der Waals surface area (Å²) in [4.78, 5) is 0. The molecule has 0 saturated heterocycles. The molecule has 0 aliphatic carbocycles. The van der Waals surface area contributed by atoms with Crippen molar-refractivity contribution in [3.05, 3.63) is 12.2 Å². The van der Waals surface area contributed by atoms with Crippen LogP contribution in [0.2, 0.25) is 0 Å². The molecule has 0 rings (SSSR count). The van der Waals surface area contributed by atoms with Gasteiger partial charge in [0, 0.05) is 0 Å². The lowest BCUT2D eigenvalue weighted by Crippen LogP contribution is -1.63. The van der Waals surface area contributed by atoms with E-state index < -0.39 is 0 Å². The molecular weight excluding hydrogens is 108 g/mol. The molecule has 0 atom stereocenters. The van der Waals surface area contributed by atoms with Crippen LogP contribution in [0.1, 0.15) is 33.1 Å². The Labute approximate surface area is 59.0 Å². The molecule has 0 aromatic carbocycles. The molecule has 0 aromatic rings. The largest absolute Gasteiger partial charge is 0.124 e. The minimum Gasteiger partial charge on any atom is -0.124 e. The fraction of sp³-hybridized carbons (Fsp3) is 0.556. The second kappa shape index (κ2) is 15.7. The Morgan fingerprint density at radius 1 is 1.33 bits per heavy atom. The van der Waals surface area contributed by atoms with Gasteiger partial charge in [-0.2, -0.15) is 0 Å². The van der Waals surface area contributed by atoms with Gasteiger partial charge in [0.05, 0.1) is 0 Å². The molecule has 0 fully saturated rings. The van der Waals surface area contributed by atoms with Gasteiger partial charge in [0.15, 0.2) is 0 Å². The molecule has 0 N–H and O–H groups in total. The summed E-state index contributed by atoms with van der Waals surface area (Å²) in [6, 6.07) is 0. The van der Waals surface area contributed by atoms with Crippen LogP contribution < -0.4 is 0 Å². The van der Waals surface area contributed by atoms with Crippen LogP contribution in [0.3, 0.4) is 0 Å². The predicted octanol–water partition coefficient (Wildman–Crippen LogP) is 3.00. The highest BCUT2D eigenvalue weighted by atomic mass is 13.8. The van der Waals surface area contributed by atoms with E-state index in [0.29, 0.717) is 0 Å². The van der Waals surface area contributed by atoms with E-state index in [2.05, 4.69) is 38.8 Å².